The van der Waals surface area contributed by atoms with Gasteiger partial charge in [0.2, 0.25) is 5.95 Å². The molecule has 0 atom stereocenters. The highest BCUT2D eigenvalue weighted by Crippen LogP contribution is 2.07. The van der Waals surface area contributed by atoms with Gasteiger partial charge in [0.1, 0.15) is 4.99 Å². The van der Waals surface area contributed by atoms with Crippen LogP contribution in [0.5, 0.6) is 0 Å². The van der Waals surface area contributed by atoms with E-state index in [1.54, 1.807) is 36.7 Å². The number of carbonyl (C=O) groups is 1. The molecule has 5 nitrogen and oxygen atoms in total. The third-order valence-corrected chi connectivity index (χ3v) is 2.38. The second-order valence-electron chi connectivity index (χ2n) is 3.34. The Labute approximate surface area is 103 Å². The van der Waals surface area contributed by atoms with Crippen molar-refractivity contribution in [3.8, 4) is 0 Å². The van der Waals surface area contributed by atoms with Crippen molar-refractivity contribution < 1.29 is 4.79 Å². The lowest BCUT2D eigenvalue weighted by Crippen LogP contribution is -2.15. The average molecular weight is 246 g/mol. The minimum atomic E-state index is -0.266. The van der Waals surface area contributed by atoms with Gasteiger partial charge in [-0.3, -0.25) is 10.1 Å². The zero-order valence-electron chi connectivity index (χ0n) is 8.81. The number of thiocarbonyl (C=S) groups is 1. The Kier molecular flexibility index (Phi) is 3.15. The van der Waals surface area contributed by atoms with Crippen molar-refractivity contribution >= 4 is 29.1 Å². The topological polar surface area (TPSA) is 83.8 Å². The van der Waals surface area contributed by atoms with Crippen molar-refractivity contribution in [3.63, 3.8) is 0 Å². The second kappa shape index (κ2) is 4.75. The molecular formula is C11H10N4OS. The van der Waals surface area contributed by atoms with E-state index >= 15 is 0 Å². The summed E-state index contributed by atoms with van der Waals surface area (Å²) >= 11 is 4.85. The number of rotatable bonds is 3. The number of aromatic nitrogens is 2. The summed E-state index contributed by atoms with van der Waals surface area (Å²) < 4.78 is 0. The zero-order valence-corrected chi connectivity index (χ0v) is 9.62. The summed E-state index contributed by atoms with van der Waals surface area (Å²) in [7, 11) is 0. The second-order valence-corrected chi connectivity index (χ2v) is 3.78. The summed E-state index contributed by atoms with van der Waals surface area (Å²) in [6.45, 7) is 0. The van der Waals surface area contributed by atoms with Gasteiger partial charge in [0.25, 0.3) is 5.91 Å². The Hall–Kier alpha value is -2.21. The number of aromatic amines is 1. The van der Waals surface area contributed by atoms with Crippen molar-refractivity contribution in [2.45, 2.75) is 0 Å². The first-order chi connectivity index (χ1) is 8.16. The number of anilines is 1. The fourth-order valence-electron chi connectivity index (χ4n) is 1.33. The van der Waals surface area contributed by atoms with E-state index < -0.39 is 0 Å². The van der Waals surface area contributed by atoms with E-state index in [1.165, 1.54) is 0 Å². The molecule has 0 fully saturated rings. The first-order valence-electron chi connectivity index (χ1n) is 4.87. The highest BCUT2D eigenvalue weighted by Gasteiger charge is 2.08. The summed E-state index contributed by atoms with van der Waals surface area (Å²) in [4.78, 5) is 18.8. The van der Waals surface area contributed by atoms with Crippen LogP contribution >= 0.6 is 12.2 Å². The van der Waals surface area contributed by atoms with Crippen LogP contribution in [0.1, 0.15) is 15.9 Å². The number of carbonyl (C=O) groups excluding carboxylic acids is 1. The molecule has 1 aromatic heterocycles. The van der Waals surface area contributed by atoms with Gasteiger partial charge < -0.3 is 10.7 Å². The maximum atomic E-state index is 11.8. The molecule has 2 aromatic rings. The number of benzene rings is 1. The molecule has 1 aromatic carbocycles. The molecule has 0 unspecified atom stereocenters. The van der Waals surface area contributed by atoms with Crippen molar-refractivity contribution in [2.24, 2.45) is 5.73 Å². The van der Waals surface area contributed by atoms with E-state index in [1.807, 2.05) is 0 Å². The highest BCUT2D eigenvalue weighted by molar-refractivity contribution is 7.80. The number of nitrogens with zero attached hydrogens (tertiary/aromatic N) is 1. The molecule has 0 aliphatic carbocycles. The van der Waals surface area contributed by atoms with Crippen LogP contribution in [0.3, 0.4) is 0 Å². The molecular weight excluding hydrogens is 236 g/mol. The number of hydrogen-bond acceptors (Lipinski definition) is 3. The van der Waals surface area contributed by atoms with E-state index in [0.717, 1.165) is 0 Å². The maximum Gasteiger partial charge on any atom is 0.257 e. The van der Waals surface area contributed by atoms with Crippen LogP contribution in [-0.2, 0) is 0 Å². The summed E-state index contributed by atoms with van der Waals surface area (Å²) in [6, 6.07) is 6.80. The summed E-state index contributed by atoms with van der Waals surface area (Å²) in [5.41, 5.74) is 6.64. The third kappa shape index (κ3) is 2.67. The predicted octanol–water partition coefficient (Wildman–Crippen LogP) is 1.30. The van der Waals surface area contributed by atoms with Gasteiger partial charge in [0.15, 0.2) is 0 Å². The van der Waals surface area contributed by atoms with Crippen LogP contribution < -0.4 is 11.1 Å². The number of hydrogen-bond donors (Lipinski definition) is 3. The molecule has 0 radical (unpaired) electrons. The molecule has 0 saturated heterocycles. The van der Waals surface area contributed by atoms with Crippen LogP contribution in [-0.4, -0.2) is 20.9 Å². The monoisotopic (exact) mass is 246 g/mol. The third-order valence-electron chi connectivity index (χ3n) is 2.14. The van der Waals surface area contributed by atoms with Gasteiger partial charge in [-0.05, 0) is 12.1 Å². The molecule has 1 heterocycles. The van der Waals surface area contributed by atoms with E-state index in [2.05, 4.69) is 15.3 Å². The Balaban J connectivity index is 2.19. The molecule has 1 amide bonds. The van der Waals surface area contributed by atoms with Crippen molar-refractivity contribution in [1.29, 1.82) is 0 Å². The minimum Gasteiger partial charge on any atom is -0.389 e. The smallest absolute Gasteiger partial charge is 0.257 e. The number of nitrogens with two attached hydrogens (primary N) is 1. The molecule has 0 bridgehead atoms. The van der Waals surface area contributed by atoms with Gasteiger partial charge in [-0.15, -0.1) is 0 Å². The first-order valence-corrected chi connectivity index (χ1v) is 5.28. The standard InChI is InChI=1S/C11H10N4OS/c12-9(17)7-2-1-3-8(6-7)10(16)15-11-13-4-5-14-11/h1-6H,(H2,12,17)(H2,13,14,15,16). The van der Waals surface area contributed by atoms with E-state index in [4.69, 9.17) is 18.0 Å². The quantitative estimate of drug-likeness (QED) is 0.713. The molecule has 17 heavy (non-hydrogen) atoms. The molecule has 2 rings (SSSR count). The molecule has 0 spiro atoms. The lowest BCUT2D eigenvalue weighted by atomic mass is 10.1. The van der Waals surface area contributed by atoms with Crippen LogP contribution in [0.15, 0.2) is 36.7 Å². The molecule has 0 aliphatic heterocycles. The highest BCUT2D eigenvalue weighted by atomic mass is 32.1. The minimum absolute atomic E-state index is 0.262. The molecule has 6 heteroatoms. The summed E-state index contributed by atoms with van der Waals surface area (Å²) in [5, 5.41) is 2.61. The van der Waals surface area contributed by atoms with Crippen molar-refractivity contribution in [3.05, 3.63) is 47.8 Å². The Morgan fingerprint density at radius 3 is 2.82 bits per heavy atom. The maximum absolute atomic E-state index is 11.8. The van der Waals surface area contributed by atoms with Crippen LogP contribution in [0.2, 0.25) is 0 Å². The number of H-pyrrole nitrogens is 1. The van der Waals surface area contributed by atoms with Gasteiger partial charge in [-0.2, -0.15) is 0 Å². The van der Waals surface area contributed by atoms with E-state index in [0.29, 0.717) is 17.1 Å². The Bertz CT molecular complexity index is 550. The predicted molar refractivity (Wildman–Crippen MR) is 68.9 cm³/mol. The van der Waals surface area contributed by atoms with Gasteiger partial charge >= 0.3 is 0 Å². The first kappa shape index (κ1) is 11.3. The number of nitrogens with one attached hydrogen (secondary N) is 2. The number of imidazole rings is 1. The number of amides is 1. The fourth-order valence-corrected chi connectivity index (χ4v) is 1.45. The van der Waals surface area contributed by atoms with E-state index in [-0.39, 0.29) is 10.9 Å². The van der Waals surface area contributed by atoms with Gasteiger partial charge in [-0.25, -0.2) is 4.98 Å². The van der Waals surface area contributed by atoms with Crippen LogP contribution in [0.25, 0.3) is 0 Å². The van der Waals surface area contributed by atoms with Crippen molar-refractivity contribution in [2.75, 3.05) is 5.32 Å². The molecule has 4 N–H and O–H groups in total. The van der Waals surface area contributed by atoms with Crippen LogP contribution in [0, 0.1) is 0 Å². The zero-order chi connectivity index (χ0) is 12.3. The SMILES string of the molecule is NC(=S)c1cccc(C(=O)Nc2ncc[nH]2)c1. The van der Waals surface area contributed by atoms with Crippen molar-refractivity contribution in [1.82, 2.24) is 9.97 Å². The normalized spacial score (nSPS) is 9.88. The summed E-state index contributed by atoms with van der Waals surface area (Å²) in [5.74, 6) is 0.133. The van der Waals surface area contributed by atoms with Gasteiger partial charge in [0, 0.05) is 23.5 Å². The lowest BCUT2D eigenvalue weighted by molar-refractivity contribution is 0.102. The Morgan fingerprint density at radius 1 is 1.41 bits per heavy atom. The van der Waals surface area contributed by atoms with Gasteiger partial charge in [-0.1, -0.05) is 24.4 Å². The molecule has 0 saturated carbocycles. The fraction of sp³-hybridized carbons (Fsp3) is 0. The van der Waals surface area contributed by atoms with E-state index in [9.17, 15) is 4.79 Å². The van der Waals surface area contributed by atoms with Crippen LogP contribution in [0.4, 0.5) is 5.95 Å². The Morgan fingerprint density at radius 2 is 2.18 bits per heavy atom. The molecule has 86 valence electrons. The summed E-state index contributed by atoms with van der Waals surface area (Å²) in [6.07, 6.45) is 3.18. The lowest BCUT2D eigenvalue weighted by Gasteiger charge is -2.04. The average Bonchev–Trinajstić information content (AvgIpc) is 2.82. The molecule has 0 aliphatic rings. The van der Waals surface area contributed by atoms with Gasteiger partial charge in [0.05, 0.1) is 0 Å². The largest absolute Gasteiger partial charge is 0.389 e.